The summed E-state index contributed by atoms with van der Waals surface area (Å²) < 4.78 is 5.72. The Bertz CT molecular complexity index is 769. The van der Waals surface area contributed by atoms with Gasteiger partial charge in [0.1, 0.15) is 17.4 Å². The second-order valence-electron chi connectivity index (χ2n) is 4.41. The second-order valence-corrected chi connectivity index (χ2v) is 4.82. The molecule has 20 heavy (non-hydrogen) atoms. The molecule has 0 aliphatic carbocycles. The lowest BCUT2D eigenvalue weighted by molar-refractivity contribution is 0.559. The fraction of sp³-hybridized carbons (Fsp3) is 0.0625. The van der Waals surface area contributed by atoms with Gasteiger partial charge >= 0.3 is 0 Å². The average Bonchev–Trinajstić information content (AvgIpc) is 2.88. The van der Waals surface area contributed by atoms with Crippen LogP contribution in [0.25, 0.3) is 11.0 Å². The van der Waals surface area contributed by atoms with Gasteiger partial charge in [-0.15, -0.1) is 0 Å². The zero-order chi connectivity index (χ0) is 13.9. The van der Waals surface area contributed by atoms with Crippen molar-refractivity contribution in [1.82, 2.24) is 0 Å². The fourth-order valence-corrected chi connectivity index (χ4v) is 2.25. The molecule has 0 amide bonds. The zero-order valence-electron chi connectivity index (χ0n) is 10.6. The van der Waals surface area contributed by atoms with Gasteiger partial charge < -0.3 is 9.73 Å². The van der Waals surface area contributed by atoms with E-state index in [1.807, 2.05) is 42.5 Å². The maximum atomic E-state index is 8.83. The van der Waals surface area contributed by atoms with Crippen molar-refractivity contribution in [3.05, 3.63) is 64.9 Å². The van der Waals surface area contributed by atoms with Gasteiger partial charge in [0.15, 0.2) is 0 Å². The molecular formula is C16H11ClN2O. The molecule has 3 nitrogen and oxygen atoms in total. The zero-order valence-corrected chi connectivity index (χ0v) is 11.3. The molecule has 0 unspecified atom stereocenters. The van der Waals surface area contributed by atoms with E-state index < -0.39 is 0 Å². The first-order valence-corrected chi connectivity index (χ1v) is 6.55. The summed E-state index contributed by atoms with van der Waals surface area (Å²) in [4.78, 5) is 0. The summed E-state index contributed by atoms with van der Waals surface area (Å²) in [6.45, 7) is 0.566. The molecule has 98 valence electrons. The van der Waals surface area contributed by atoms with E-state index in [4.69, 9.17) is 21.3 Å². The number of anilines is 1. The Balaban J connectivity index is 1.76. The van der Waals surface area contributed by atoms with Gasteiger partial charge in [0, 0.05) is 11.1 Å². The average molecular weight is 283 g/mol. The summed E-state index contributed by atoms with van der Waals surface area (Å²) in [7, 11) is 0. The Kier molecular flexibility index (Phi) is 3.32. The van der Waals surface area contributed by atoms with Gasteiger partial charge in [-0.25, -0.2) is 0 Å². The molecular weight excluding hydrogens is 272 g/mol. The highest BCUT2D eigenvalue weighted by atomic mass is 35.5. The smallest absolute Gasteiger partial charge is 0.134 e. The summed E-state index contributed by atoms with van der Waals surface area (Å²) in [5, 5.41) is 13.6. The van der Waals surface area contributed by atoms with Crippen molar-refractivity contribution in [3.8, 4) is 6.07 Å². The molecule has 0 fully saturated rings. The monoisotopic (exact) mass is 282 g/mol. The number of nitrogens with zero attached hydrogens (tertiary/aromatic N) is 1. The third kappa shape index (κ3) is 2.47. The molecule has 0 atom stereocenters. The Labute approximate surface area is 121 Å². The number of nitriles is 1. The topological polar surface area (TPSA) is 49.0 Å². The van der Waals surface area contributed by atoms with Gasteiger partial charge in [-0.1, -0.05) is 29.8 Å². The Morgan fingerprint density at radius 2 is 2.00 bits per heavy atom. The summed E-state index contributed by atoms with van der Waals surface area (Å²) in [6, 6.07) is 17.2. The molecule has 1 N–H and O–H groups in total. The first-order chi connectivity index (χ1) is 9.76. The molecule has 4 heteroatoms. The Morgan fingerprint density at radius 3 is 2.75 bits per heavy atom. The highest BCUT2D eigenvalue weighted by Gasteiger charge is 2.04. The van der Waals surface area contributed by atoms with Gasteiger partial charge in [0.2, 0.25) is 0 Å². The van der Waals surface area contributed by atoms with Gasteiger partial charge in [-0.05, 0) is 30.3 Å². The third-order valence-corrected chi connectivity index (χ3v) is 3.35. The maximum absolute atomic E-state index is 8.83. The lowest BCUT2D eigenvalue weighted by Crippen LogP contribution is -1.98. The fourth-order valence-electron chi connectivity index (χ4n) is 2.03. The first kappa shape index (κ1) is 12.6. The predicted octanol–water partition coefficient (Wildman–Crippen LogP) is 4.57. The third-order valence-electron chi connectivity index (χ3n) is 3.03. The van der Waals surface area contributed by atoms with E-state index >= 15 is 0 Å². The van der Waals surface area contributed by atoms with E-state index in [-0.39, 0.29) is 0 Å². The molecule has 1 heterocycles. The van der Waals surface area contributed by atoms with Crippen molar-refractivity contribution >= 4 is 28.3 Å². The van der Waals surface area contributed by atoms with E-state index in [1.54, 1.807) is 12.1 Å². The van der Waals surface area contributed by atoms with Crippen LogP contribution in [0.15, 0.2) is 52.9 Å². The minimum absolute atomic E-state index is 0.446. The van der Waals surface area contributed by atoms with Crippen LogP contribution >= 0.6 is 11.6 Å². The van der Waals surface area contributed by atoms with Crippen LogP contribution in [0, 0.1) is 11.3 Å². The molecule has 0 spiro atoms. The van der Waals surface area contributed by atoms with Crippen LogP contribution in [0.2, 0.25) is 5.02 Å². The standard InChI is InChI=1S/C16H11ClN2O/c17-15-8-13(6-5-12(15)9-18)19-10-14-7-11-3-1-2-4-16(11)20-14/h1-8,19H,10H2. The van der Waals surface area contributed by atoms with Crippen molar-refractivity contribution in [1.29, 1.82) is 5.26 Å². The number of furan rings is 1. The van der Waals surface area contributed by atoms with Gasteiger partial charge in [0.05, 0.1) is 17.1 Å². The number of para-hydroxylation sites is 1. The molecule has 0 radical (unpaired) electrons. The Hall–Kier alpha value is -2.44. The summed E-state index contributed by atoms with van der Waals surface area (Å²) in [5.74, 6) is 0.853. The van der Waals surface area contributed by atoms with E-state index in [1.165, 1.54) is 0 Å². The molecule has 1 aromatic heterocycles. The summed E-state index contributed by atoms with van der Waals surface area (Å²) in [6.07, 6.45) is 0. The lowest BCUT2D eigenvalue weighted by atomic mass is 10.2. The Morgan fingerprint density at radius 1 is 1.15 bits per heavy atom. The van der Waals surface area contributed by atoms with Crippen LogP contribution in [0.1, 0.15) is 11.3 Å². The lowest BCUT2D eigenvalue weighted by Gasteiger charge is -2.05. The molecule has 3 rings (SSSR count). The SMILES string of the molecule is N#Cc1ccc(NCc2cc3ccccc3o2)cc1Cl. The van der Waals surface area contributed by atoms with Crippen molar-refractivity contribution < 1.29 is 4.42 Å². The van der Waals surface area contributed by atoms with Gasteiger partial charge in [0.25, 0.3) is 0 Å². The minimum atomic E-state index is 0.446. The number of rotatable bonds is 3. The number of fused-ring (bicyclic) bond motifs is 1. The maximum Gasteiger partial charge on any atom is 0.134 e. The van der Waals surface area contributed by atoms with E-state index in [0.717, 1.165) is 22.4 Å². The van der Waals surface area contributed by atoms with Gasteiger partial charge in [-0.2, -0.15) is 5.26 Å². The van der Waals surface area contributed by atoms with Crippen molar-refractivity contribution in [2.75, 3.05) is 5.32 Å². The van der Waals surface area contributed by atoms with Crippen LogP contribution in [0.5, 0.6) is 0 Å². The second kappa shape index (κ2) is 5.28. The highest BCUT2D eigenvalue weighted by Crippen LogP contribution is 2.22. The molecule has 0 aliphatic rings. The molecule has 0 saturated heterocycles. The molecule has 3 aromatic rings. The number of hydrogen-bond acceptors (Lipinski definition) is 3. The van der Waals surface area contributed by atoms with Crippen molar-refractivity contribution in [2.45, 2.75) is 6.54 Å². The number of halogens is 1. The number of nitrogens with one attached hydrogen (secondary N) is 1. The summed E-state index contributed by atoms with van der Waals surface area (Å²) in [5.41, 5.74) is 2.21. The quantitative estimate of drug-likeness (QED) is 0.765. The van der Waals surface area contributed by atoms with Gasteiger partial charge in [-0.3, -0.25) is 0 Å². The first-order valence-electron chi connectivity index (χ1n) is 6.17. The van der Waals surface area contributed by atoms with Crippen LogP contribution in [0.4, 0.5) is 5.69 Å². The molecule has 0 bridgehead atoms. The van der Waals surface area contributed by atoms with Crippen LogP contribution in [-0.2, 0) is 6.54 Å². The molecule has 0 aliphatic heterocycles. The van der Waals surface area contributed by atoms with Crippen LogP contribution < -0.4 is 5.32 Å². The number of hydrogen-bond donors (Lipinski definition) is 1. The van der Waals surface area contributed by atoms with Crippen molar-refractivity contribution in [3.63, 3.8) is 0 Å². The van der Waals surface area contributed by atoms with E-state index in [0.29, 0.717) is 17.1 Å². The van der Waals surface area contributed by atoms with Crippen LogP contribution in [0.3, 0.4) is 0 Å². The van der Waals surface area contributed by atoms with Crippen molar-refractivity contribution in [2.24, 2.45) is 0 Å². The largest absolute Gasteiger partial charge is 0.459 e. The summed E-state index contributed by atoms with van der Waals surface area (Å²) >= 11 is 5.99. The molecule has 2 aromatic carbocycles. The van der Waals surface area contributed by atoms with E-state index in [2.05, 4.69) is 5.32 Å². The number of benzene rings is 2. The molecule has 0 saturated carbocycles. The van der Waals surface area contributed by atoms with Crippen LogP contribution in [-0.4, -0.2) is 0 Å². The normalized spacial score (nSPS) is 10.4. The van der Waals surface area contributed by atoms with E-state index in [9.17, 15) is 0 Å². The highest BCUT2D eigenvalue weighted by molar-refractivity contribution is 6.32. The minimum Gasteiger partial charge on any atom is -0.459 e. The predicted molar refractivity (Wildman–Crippen MR) is 79.7 cm³/mol.